The summed E-state index contributed by atoms with van der Waals surface area (Å²) in [6, 6.07) is 16.6. The number of amides is 4. The Morgan fingerprint density at radius 3 is 2.18 bits per heavy atom. The first-order valence-electron chi connectivity index (χ1n) is 14.7. The van der Waals surface area contributed by atoms with Crippen LogP contribution in [0.5, 0.6) is 5.75 Å². The molecule has 0 aliphatic carbocycles. The maximum absolute atomic E-state index is 14.2. The van der Waals surface area contributed by atoms with Crippen LogP contribution in [0.2, 0.25) is 0 Å². The third-order valence-electron chi connectivity index (χ3n) is 7.44. The van der Waals surface area contributed by atoms with Gasteiger partial charge in [-0.1, -0.05) is 60.7 Å². The molecule has 4 rings (SSSR count). The first kappa shape index (κ1) is 36.3. The second kappa shape index (κ2) is 15.1. The number of nitrogens with two attached hydrogens (primary N) is 2. The normalized spacial score (nSPS) is 15.6. The lowest BCUT2D eigenvalue weighted by molar-refractivity contribution is -0.138. The average molecular weight is 693 g/mol. The van der Waals surface area contributed by atoms with Crippen LogP contribution in [0.25, 0.3) is 0 Å². The van der Waals surface area contributed by atoms with E-state index in [0.717, 1.165) is 11.8 Å². The molecule has 4 amide bonds. The van der Waals surface area contributed by atoms with E-state index >= 15 is 0 Å². The highest BCUT2D eigenvalue weighted by Crippen LogP contribution is 2.42. The number of rotatable bonds is 13. The molecule has 0 saturated heterocycles. The summed E-state index contributed by atoms with van der Waals surface area (Å²) in [4.78, 5) is 104. The van der Waals surface area contributed by atoms with Gasteiger partial charge >= 0.3 is 7.75 Å². The fourth-order valence-electron chi connectivity index (χ4n) is 5.21. The monoisotopic (exact) mass is 692 g/mol. The van der Waals surface area contributed by atoms with Crippen LogP contribution in [0, 0.1) is 0 Å². The van der Waals surface area contributed by atoms with Gasteiger partial charge in [-0.15, -0.1) is 0 Å². The topological polar surface area (TPSA) is 263 Å². The van der Waals surface area contributed by atoms with E-state index in [1.54, 1.807) is 48.5 Å². The fraction of sp³-hybridized carbons (Fsp3) is 0.219. The van der Waals surface area contributed by atoms with Gasteiger partial charge in [-0.05, 0) is 23.8 Å². The van der Waals surface area contributed by atoms with Gasteiger partial charge in [-0.2, -0.15) is 0 Å². The Morgan fingerprint density at radius 1 is 0.980 bits per heavy atom. The minimum absolute atomic E-state index is 0.0764. The van der Waals surface area contributed by atoms with Gasteiger partial charge in [-0.3, -0.25) is 28.8 Å². The Labute approximate surface area is 279 Å². The highest BCUT2D eigenvalue weighted by Gasteiger charge is 2.42. The van der Waals surface area contributed by atoms with Crippen molar-refractivity contribution in [1.29, 1.82) is 0 Å². The molecule has 0 unspecified atom stereocenters. The number of carbonyl (C=O) groups excluding carboxylic acids is 6. The van der Waals surface area contributed by atoms with Gasteiger partial charge in [0.05, 0.1) is 24.0 Å². The van der Waals surface area contributed by atoms with Crippen LogP contribution in [0.1, 0.15) is 30.0 Å². The molecule has 0 spiro atoms. The van der Waals surface area contributed by atoms with Gasteiger partial charge in [0.1, 0.15) is 11.8 Å². The van der Waals surface area contributed by atoms with Crippen molar-refractivity contribution in [2.75, 3.05) is 11.4 Å². The van der Waals surface area contributed by atoms with E-state index in [2.05, 4.69) is 10.3 Å². The van der Waals surface area contributed by atoms with E-state index < -0.39 is 80.6 Å². The highest BCUT2D eigenvalue weighted by atomic mass is 31.2. The lowest BCUT2D eigenvalue weighted by Crippen LogP contribution is -2.55. The summed E-state index contributed by atoms with van der Waals surface area (Å²) in [5.41, 5.74) is 12.2. The van der Waals surface area contributed by atoms with Crippen LogP contribution in [0.3, 0.4) is 0 Å². The van der Waals surface area contributed by atoms with E-state index in [-0.39, 0.29) is 21.8 Å². The predicted molar refractivity (Wildman–Crippen MR) is 175 cm³/mol. The van der Waals surface area contributed by atoms with Crippen molar-refractivity contribution in [2.45, 2.75) is 38.0 Å². The lowest BCUT2D eigenvalue weighted by atomic mass is 10.00. The number of aliphatic imine (C=N–C) groups is 1. The summed E-state index contributed by atoms with van der Waals surface area (Å²) in [6.45, 7) is -0.0350. The Balaban J connectivity index is 1.81. The fourth-order valence-corrected chi connectivity index (χ4v) is 6.13. The van der Waals surface area contributed by atoms with Crippen molar-refractivity contribution < 1.29 is 48.2 Å². The van der Waals surface area contributed by atoms with E-state index in [1.807, 2.05) is 0 Å². The number of nitrogens with one attached hydrogen (secondary N) is 1. The Hall–Kier alpha value is -5.54. The van der Waals surface area contributed by atoms with Gasteiger partial charge in [0.2, 0.25) is 35.5 Å². The van der Waals surface area contributed by atoms with Gasteiger partial charge in [0, 0.05) is 30.9 Å². The molecule has 3 aromatic carbocycles. The van der Waals surface area contributed by atoms with Crippen molar-refractivity contribution in [3.63, 3.8) is 0 Å². The molecule has 0 fully saturated rings. The van der Waals surface area contributed by atoms with Crippen molar-refractivity contribution in [1.82, 2.24) is 9.99 Å². The number of benzene rings is 3. The standard InChI is InChI=1S/C32H33N6O10P/c1-18(39)38(49(46,47)48)25(15-19-11-13-21(40)14-12-19)31(44)36-30-32(45)37(17-26(41)29(43)23(33)16-27(34)42)24-10-6-5-9-22(24)28(35-30)20-7-3-2-4-8-20/h2-14,23,25,30,40H,15-17,33H2,1H3,(H2,34,42)(H,36,44)(H2,46,47,48)/t23-,25-,30-/m0/s1. The summed E-state index contributed by atoms with van der Waals surface area (Å²) < 4.78 is 12.6. The van der Waals surface area contributed by atoms with Crippen molar-refractivity contribution in [2.24, 2.45) is 16.5 Å². The average Bonchev–Trinajstić information content (AvgIpc) is 3.15. The molecule has 0 saturated carbocycles. The molecule has 1 aliphatic rings. The van der Waals surface area contributed by atoms with Crippen LogP contribution in [-0.4, -0.2) is 85.3 Å². The zero-order valence-electron chi connectivity index (χ0n) is 26.0. The molecule has 1 aliphatic heterocycles. The number of carbonyl (C=O) groups is 6. The molecule has 256 valence electrons. The van der Waals surface area contributed by atoms with Crippen LogP contribution in [-0.2, 0) is 39.8 Å². The van der Waals surface area contributed by atoms with Crippen LogP contribution in [0.15, 0.2) is 83.9 Å². The van der Waals surface area contributed by atoms with Gasteiger partial charge in [-0.25, -0.2) is 14.2 Å². The number of Topliss-reactive ketones (excluding diaryl/α,β-unsaturated/α-hetero) is 2. The third kappa shape index (κ3) is 8.69. The number of anilines is 1. The Kier molecular flexibility index (Phi) is 11.2. The molecule has 3 atom stereocenters. The molecule has 0 radical (unpaired) electrons. The number of phenolic OH excluding ortho intramolecular Hbond substituents is 1. The number of aromatic hydroxyl groups is 1. The molecule has 3 aromatic rings. The number of hydrogen-bond acceptors (Lipinski definition) is 10. The maximum Gasteiger partial charge on any atom is 0.433 e. The van der Waals surface area contributed by atoms with Crippen molar-refractivity contribution in [3.05, 3.63) is 95.6 Å². The maximum atomic E-state index is 14.2. The molecule has 49 heavy (non-hydrogen) atoms. The predicted octanol–water partition coefficient (Wildman–Crippen LogP) is -0.0881. The van der Waals surface area contributed by atoms with Gasteiger partial charge < -0.3 is 36.6 Å². The second-order valence-electron chi connectivity index (χ2n) is 11.0. The minimum atomic E-state index is -5.42. The van der Waals surface area contributed by atoms with Crippen molar-refractivity contribution >= 4 is 54.3 Å². The van der Waals surface area contributed by atoms with Gasteiger partial charge in [0.15, 0.2) is 0 Å². The third-order valence-corrected chi connectivity index (χ3v) is 8.56. The summed E-state index contributed by atoms with van der Waals surface area (Å²) in [7, 11) is -5.42. The highest BCUT2D eigenvalue weighted by molar-refractivity contribution is 7.50. The van der Waals surface area contributed by atoms with Crippen molar-refractivity contribution in [3.8, 4) is 5.75 Å². The molecular weight excluding hydrogens is 659 g/mol. The first-order chi connectivity index (χ1) is 23.1. The molecule has 8 N–H and O–H groups in total. The summed E-state index contributed by atoms with van der Waals surface area (Å²) in [6.07, 6.45) is -2.93. The zero-order valence-corrected chi connectivity index (χ0v) is 26.9. The number of para-hydroxylation sites is 1. The molecular formula is C32H33N6O10P. The SMILES string of the molecule is CC(=O)N([C@@H](Cc1ccc(O)cc1)C(=O)N[C@@H]1N=C(c2ccccc2)c2ccccc2N(CC(=O)C(=O)[C@@H](N)CC(N)=O)C1=O)P(=O)(O)O. The van der Waals surface area contributed by atoms with E-state index in [0.29, 0.717) is 16.7 Å². The lowest BCUT2D eigenvalue weighted by Gasteiger charge is -2.31. The van der Waals surface area contributed by atoms with E-state index in [4.69, 9.17) is 11.5 Å². The number of hydrogen-bond donors (Lipinski definition) is 6. The number of fused-ring (bicyclic) bond motifs is 1. The summed E-state index contributed by atoms with van der Waals surface area (Å²) in [5, 5.41) is 12.1. The first-order valence-corrected chi connectivity index (χ1v) is 16.2. The van der Waals surface area contributed by atoms with Crippen LogP contribution in [0.4, 0.5) is 5.69 Å². The van der Waals surface area contributed by atoms with E-state index in [9.17, 15) is 48.2 Å². The largest absolute Gasteiger partial charge is 0.508 e. The Bertz CT molecular complexity index is 1860. The summed E-state index contributed by atoms with van der Waals surface area (Å²) >= 11 is 0. The number of nitrogens with zero attached hydrogens (tertiary/aromatic N) is 3. The molecule has 16 nitrogen and oxygen atoms in total. The molecule has 0 bridgehead atoms. The number of benzodiazepines with no additional fused rings is 1. The second-order valence-corrected chi connectivity index (χ2v) is 12.5. The zero-order chi connectivity index (χ0) is 36.0. The number of primary amides is 1. The number of ketones is 2. The quantitative estimate of drug-likeness (QED) is 0.102. The Morgan fingerprint density at radius 2 is 1.59 bits per heavy atom. The number of phenols is 1. The van der Waals surface area contributed by atoms with E-state index in [1.165, 1.54) is 30.3 Å². The molecule has 0 aromatic heterocycles. The molecule has 17 heteroatoms. The van der Waals surface area contributed by atoms with Crippen LogP contribution < -0.4 is 21.7 Å². The van der Waals surface area contributed by atoms with Crippen LogP contribution >= 0.6 is 7.75 Å². The van der Waals surface area contributed by atoms with Gasteiger partial charge in [0.25, 0.3) is 5.91 Å². The minimum Gasteiger partial charge on any atom is -0.508 e. The smallest absolute Gasteiger partial charge is 0.433 e. The summed E-state index contributed by atoms with van der Waals surface area (Å²) in [5.74, 6) is -6.75. The molecule has 1 heterocycles.